The molecule has 0 radical (unpaired) electrons. The van der Waals surface area contributed by atoms with Gasteiger partial charge < -0.3 is 0 Å². The highest BCUT2D eigenvalue weighted by Crippen LogP contribution is 2.10. The summed E-state index contributed by atoms with van der Waals surface area (Å²) in [5, 5.41) is 4.12. The summed E-state index contributed by atoms with van der Waals surface area (Å²) in [6.45, 7) is 1.90. The van der Waals surface area contributed by atoms with E-state index >= 15 is 0 Å². The van der Waals surface area contributed by atoms with Crippen molar-refractivity contribution >= 4 is 27.5 Å². The highest BCUT2D eigenvalue weighted by atomic mass is 79.9. The number of amides is 1. The molecule has 0 spiro atoms. The normalized spacial score (nSPS) is 11.2. The molecule has 0 bridgehead atoms. The smallest absolute Gasteiger partial charge is 0.267 e. The molecule has 1 amide bonds. The zero-order valence-corrected chi connectivity index (χ0v) is 12.7. The largest absolute Gasteiger partial charge is 0.271 e. The lowest BCUT2D eigenvalue weighted by atomic mass is 10.1. The summed E-state index contributed by atoms with van der Waals surface area (Å²) in [7, 11) is 0. The lowest BCUT2D eigenvalue weighted by molar-refractivity contribution is 0.0954. The molecule has 0 unspecified atom stereocenters. The van der Waals surface area contributed by atoms with Gasteiger partial charge in [0.25, 0.3) is 5.91 Å². The Labute approximate surface area is 126 Å². The quantitative estimate of drug-likeness (QED) is 0.672. The second-order valence-corrected chi connectivity index (χ2v) is 5.37. The Bertz CT molecular complexity index is 606. The fraction of sp³-hybridized carbons (Fsp3) is 0.125. The number of carbonyl (C=O) groups excluding carboxylic acids is 1. The van der Waals surface area contributed by atoms with E-state index in [9.17, 15) is 4.79 Å². The van der Waals surface area contributed by atoms with Gasteiger partial charge in [-0.3, -0.25) is 4.79 Å². The molecule has 2 rings (SSSR count). The summed E-state index contributed by atoms with van der Waals surface area (Å²) in [5.74, 6) is -0.204. The van der Waals surface area contributed by atoms with Gasteiger partial charge in [0, 0.05) is 22.2 Å². The van der Waals surface area contributed by atoms with Crippen molar-refractivity contribution in [3.05, 3.63) is 70.2 Å². The van der Waals surface area contributed by atoms with Gasteiger partial charge in [-0.05, 0) is 36.8 Å². The molecule has 0 aliphatic carbocycles. The molecule has 2 aromatic carbocycles. The summed E-state index contributed by atoms with van der Waals surface area (Å²) in [5.41, 5.74) is 5.20. The lowest BCUT2D eigenvalue weighted by Gasteiger charge is -2.03. The van der Waals surface area contributed by atoms with Gasteiger partial charge in [-0.25, -0.2) is 5.43 Å². The Balaban J connectivity index is 1.94. The molecule has 2 aromatic rings. The number of halogens is 1. The average molecular weight is 331 g/mol. The van der Waals surface area contributed by atoms with Crippen LogP contribution in [-0.2, 0) is 6.42 Å². The van der Waals surface area contributed by atoms with E-state index in [0.29, 0.717) is 5.56 Å². The summed E-state index contributed by atoms with van der Waals surface area (Å²) in [6.07, 6.45) is 0.724. The first-order valence-electron chi connectivity index (χ1n) is 6.28. The van der Waals surface area contributed by atoms with Crippen LogP contribution in [0.15, 0.2) is 64.2 Å². The second-order valence-electron chi connectivity index (χ2n) is 4.46. The molecule has 1 N–H and O–H groups in total. The maximum atomic E-state index is 11.9. The van der Waals surface area contributed by atoms with Crippen LogP contribution in [-0.4, -0.2) is 11.6 Å². The number of hydrogen-bond acceptors (Lipinski definition) is 2. The third kappa shape index (κ3) is 4.31. The van der Waals surface area contributed by atoms with Crippen molar-refractivity contribution in [2.24, 2.45) is 5.10 Å². The number of hydrogen-bond donors (Lipinski definition) is 1. The Morgan fingerprint density at radius 1 is 1.10 bits per heavy atom. The van der Waals surface area contributed by atoms with Gasteiger partial charge in [-0.2, -0.15) is 5.10 Å². The molecular formula is C16H15BrN2O. The van der Waals surface area contributed by atoms with Gasteiger partial charge in [-0.1, -0.05) is 46.3 Å². The fourth-order valence-electron chi connectivity index (χ4n) is 1.74. The SMILES string of the molecule is CC(Cc1ccccc1)=NNC(=O)c1ccc(Br)cc1. The minimum atomic E-state index is -0.204. The molecule has 3 nitrogen and oxygen atoms in total. The van der Waals surface area contributed by atoms with E-state index in [4.69, 9.17) is 0 Å². The molecule has 0 aromatic heterocycles. The molecule has 4 heteroatoms. The van der Waals surface area contributed by atoms with Crippen LogP contribution in [0.1, 0.15) is 22.8 Å². The predicted molar refractivity (Wildman–Crippen MR) is 84.9 cm³/mol. The Kier molecular flexibility index (Phi) is 5.07. The van der Waals surface area contributed by atoms with Crippen molar-refractivity contribution in [2.75, 3.05) is 0 Å². The molecular weight excluding hydrogens is 316 g/mol. The topological polar surface area (TPSA) is 41.5 Å². The number of hydrazone groups is 1. The lowest BCUT2D eigenvalue weighted by Crippen LogP contribution is -2.19. The molecule has 0 saturated carbocycles. The monoisotopic (exact) mass is 330 g/mol. The Morgan fingerprint density at radius 2 is 1.75 bits per heavy atom. The first-order valence-corrected chi connectivity index (χ1v) is 7.07. The van der Waals surface area contributed by atoms with Crippen LogP contribution < -0.4 is 5.43 Å². The number of nitrogens with zero attached hydrogens (tertiary/aromatic N) is 1. The highest BCUT2D eigenvalue weighted by molar-refractivity contribution is 9.10. The first kappa shape index (κ1) is 14.5. The van der Waals surface area contributed by atoms with Crippen molar-refractivity contribution < 1.29 is 4.79 Å². The third-order valence-corrected chi connectivity index (χ3v) is 3.29. The molecule has 0 heterocycles. The van der Waals surface area contributed by atoms with Crippen LogP contribution in [0.4, 0.5) is 0 Å². The van der Waals surface area contributed by atoms with Crippen LogP contribution in [0.3, 0.4) is 0 Å². The van der Waals surface area contributed by atoms with Gasteiger partial charge in [-0.15, -0.1) is 0 Å². The molecule has 102 valence electrons. The molecule has 0 saturated heterocycles. The van der Waals surface area contributed by atoms with Crippen LogP contribution >= 0.6 is 15.9 Å². The van der Waals surface area contributed by atoms with E-state index in [0.717, 1.165) is 16.6 Å². The standard InChI is InChI=1S/C16H15BrN2O/c1-12(11-13-5-3-2-4-6-13)18-19-16(20)14-7-9-15(17)10-8-14/h2-10H,11H2,1H3,(H,19,20). The Hall–Kier alpha value is -1.94. The van der Waals surface area contributed by atoms with Crippen molar-refractivity contribution in [2.45, 2.75) is 13.3 Å². The van der Waals surface area contributed by atoms with Gasteiger partial charge in [0.2, 0.25) is 0 Å². The van der Waals surface area contributed by atoms with Gasteiger partial charge in [0.05, 0.1) is 0 Å². The summed E-state index contributed by atoms with van der Waals surface area (Å²) in [4.78, 5) is 11.9. The van der Waals surface area contributed by atoms with Gasteiger partial charge in [0.1, 0.15) is 0 Å². The van der Waals surface area contributed by atoms with Crippen LogP contribution in [0.2, 0.25) is 0 Å². The first-order chi connectivity index (χ1) is 9.65. The van der Waals surface area contributed by atoms with Crippen LogP contribution in [0.25, 0.3) is 0 Å². The van der Waals surface area contributed by atoms with E-state index < -0.39 is 0 Å². The molecule has 20 heavy (non-hydrogen) atoms. The van der Waals surface area contributed by atoms with E-state index in [-0.39, 0.29) is 5.91 Å². The Morgan fingerprint density at radius 3 is 2.40 bits per heavy atom. The number of nitrogens with one attached hydrogen (secondary N) is 1. The zero-order valence-electron chi connectivity index (χ0n) is 11.1. The second kappa shape index (κ2) is 7.01. The molecule has 0 aliphatic heterocycles. The highest BCUT2D eigenvalue weighted by Gasteiger charge is 2.04. The summed E-state index contributed by atoms with van der Waals surface area (Å²) >= 11 is 3.33. The van der Waals surface area contributed by atoms with Crippen molar-refractivity contribution in [3.63, 3.8) is 0 Å². The van der Waals surface area contributed by atoms with Crippen molar-refractivity contribution in [1.82, 2.24) is 5.43 Å². The van der Waals surface area contributed by atoms with Crippen molar-refractivity contribution in [1.29, 1.82) is 0 Å². The van der Waals surface area contributed by atoms with Gasteiger partial charge in [0.15, 0.2) is 0 Å². The predicted octanol–water partition coefficient (Wildman–Crippen LogP) is 3.80. The van der Waals surface area contributed by atoms with Crippen LogP contribution in [0, 0.1) is 0 Å². The van der Waals surface area contributed by atoms with E-state index in [1.54, 1.807) is 12.1 Å². The minimum absolute atomic E-state index is 0.204. The molecule has 0 fully saturated rings. The number of rotatable bonds is 4. The fourth-order valence-corrected chi connectivity index (χ4v) is 2.01. The molecule has 0 aliphatic rings. The maximum absolute atomic E-state index is 11.9. The van der Waals surface area contributed by atoms with Crippen LogP contribution in [0.5, 0.6) is 0 Å². The molecule has 0 atom stereocenters. The summed E-state index contributed by atoms with van der Waals surface area (Å²) in [6, 6.07) is 17.2. The number of benzene rings is 2. The average Bonchev–Trinajstić information content (AvgIpc) is 2.46. The van der Waals surface area contributed by atoms with E-state index in [2.05, 4.69) is 26.5 Å². The van der Waals surface area contributed by atoms with Gasteiger partial charge >= 0.3 is 0 Å². The minimum Gasteiger partial charge on any atom is -0.267 e. The van der Waals surface area contributed by atoms with E-state index in [1.807, 2.05) is 49.4 Å². The maximum Gasteiger partial charge on any atom is 0.271 e. The zero-order chi connectivity index (χ0) is 14.4. The van der Waals surface area contributed by atoms with E-state index in [1.165, 1.54) is 5.56 Å². The number of carbonyl (C=O) groups is 1. The summed E-state index contributed by atoms with van der Waals surface area (Å²) < 4.78 is 0.942. The van der Waals surface area contributed by atoms with Crippen molar-refractivity contribution in [3.8, 4) is 0 Å². The third-order valence-electron chi connectivity index (χ3n) is 2.76.